The summed E-state index contributed by atoms with van der Waals surface area (Å²) in [6, 6.07) is -0.405. The molecule has 2 fully saturated rings. The largest absolute Gasteiger partial charge is 0.336 e. The molecule has 3 rings (SSSR count). The maximum atomic E-state index is 12.4. The van der Waals surface area contributed by atoms with E-state index >= 15 is 0 Å². The lowest BCUT2D eigenvalue weighted by molar-refractivity contribution is -0.129. The summed E-state index contributed by atoms with van der Waals surface area (Å²) in [7, 11) is 1.45. The first-order valence-electron chi connectivity index (χ1n) is 6.25. The van der Waals surface area contributed by atoms with Crippen LogP contribution >= 0.6 is 11.5 Å². The fraction of sp³-hybridized carbons (Fsp3) is 0.500. The van der Waals surface area contributed by atoms with Crippen LogP contribution in [0.1, 0.15) is 22.5 Å². The van der Waals surface area contributed by atoms with Crippen LogP contribution in [0.4, 0.5) is 4.79 Å². The molecule has 2 saturated heterocycles. The quantitative estimate of drug-likeness (QED) is 0.751. The summed E-state index contributed by atoms with van der Waals surface area (Å²) in [5.74, 6) is -0.400. The lowest BCUT2D eigenvalue weighted by atomic mass is 9.99. The van der Waals surface area contributed by atoms with E-state index in [0.717, 1.165) is 4.90 Å². The van der Waals surface area contributed by atoms with Gasteiger partial charge in [0.1, 0.15) is 5.54 Å². The number of nitrogens with zero attached hydrogens (tertiary/aromatic N) is 3. The molecule has 0 bridgehead atoms. The first-order chi connectivity index (χ1) is 9.44. The molecule has 2 aliphatic heterocycles. The van der Waals surface area contributed by atoms with E-state index in [9.17, 15) is 14.4 Å². The van der Waals surface area contributed by atoms with Crippen LogP contribution in [0, 0.1) is 6.92 Å². The number of amides is 4. The number of nitrogens with one attached hydrogen (secondary N) is 1. The van der Waals surface area contributed by atoms with E-state index in [1.807, 2.05) is 0 Å². The van der Waals surface area contributed by atoms with E-state index in [1.54, 1.807) is 17.2 Å². The number of hydrogen-bond acceptors (Lipinski definition) is 5. The number of hydrogen-bond donors (Lipinski definition) is 1. The first-order valence-corrected chi connectivity index (χ1v) is 7.09. The Bertz CT molecular complexity index is 614. The molecule has 1 atom stereocenters. The van der Waals surface area contributed by atoms with Gasteiger partial charge in [0, 0.05) is 19.0 Å². The number of carbonyl (C=O) groups is 3. The molecule has 106 valence electrons. The molecule has 1 aromatic rings. The van der Waals surface area contributed by atoms with Gasteiger partial charge >= 0.3 is 6.03 Å². The predicted molar refractivity (Wildman–Crippen MR) is 71.4 cm³/mol. The third-order valence-electron chi connectivity index (χ3n) is 3.90. The van der Waals surface area contributed by atoms with Crippen molar-refractivity contribution in [3.05, 3.63) is 16.6 Å². The number of rotatable bonds is 1. The zero-order chi connectivity index (χ0) is 14.5. The topological polar surface area (TPSA) is 82.6 Å². The Labute approximate surface area is 119 Å². The number of likely N-dealkylation sites (tertiary alicyclic amines) is 1. The molecule has 8 heteroatoms. The molecule has 20 heavy (non-hydrogen) atoms. The monoisotopic (exact) mass is 294 g/mol. The molecule has 1 N–H and O–H groups in total. The molecule has 4 amide bonds. The fourth-order valence-corrected chi connectivity index (χ4v) is 3.37. The highest BCUT2D eigenvalue weighted by Crippen LogP contribution is 2.29. The van der Waals surface area contributed by atoms with Gasteiger partial charge in [-0.25, -0.2) is 4.79 Å². The molecule has 1 spiro atoms. The van der Waals surface area contributed by atoms with Gasteiger partial charge in [-0.05, 0) is 24.9 Å². The summed E-state index contributed by atoms with van der Waals surface area (Å²) in [6.45, 7) is 2.45. The van der Waals surface area contributed by atoms with Gasteiger partial charge in [-0.2, -0.15) is 4.37 Å². The van der Waals surface area contributed by atoms with Crippen LogP contribution in [0.15, 0.2) is 5.38 Å². The lowest BCUT2D eigenvalue weighted by Gasteiger charge is -2.21. The summed E-state index contributed by atoms with van der Waals surface area (Å²) in [6.07, 6.45) is 0.449. The lowest BCUT2D eigenvalue weighted by Crippen LogP contribution is -2.49. The van der Waals surface area contributed by atoms with Crippen LogP contribution in [-0.2, 0) is 4.79 Å². The Hall–Kier alpha value is -1.96. The highest BCUT2D eigenvalue weighted by molar-refractivity contribution is 7.03. The van der Waals surface area contributed by atoms with Crippen molar-refractivity contribution in [3.63, 3.8) is 0 Å². The summed E-state index contributed by atoms with van der Waals surface area (Å²) < 4.78 is 4.09. The Morgan fingerprint density at radius 1 is 1.50 bits per heavy atom. The third kappa shape index (κ3) is 1.71. The number of urea groups is 1. The minimum atomic E-state index is -0.946. The summed E-state index contributed by atoms with van der Waals surface area (Å²) >= 11 is 1.24. The highest BCUT2D eigenvalue weighted by Gasteiger charge is 2.54. The normalized spacial score (nSPS) is 25.7. The standard InChI is InChI=1S/C12H14N4O3S/c1-7-8(5-20-14-7)9(17)16-4-3-12(6-16)10(18)15(2)11(19)13-12/h5H,3-4,6H2,1-2H3,(H,13,19). The Morgan fingerprint density at radius 3 is 2.80 bits per heavy atom. The van der Waals surface area contributed by atoms with Gasteiger partial charge in [0.05, 0.1) is 17.8 Å². The molecule has 0 aromatic carbocycles. The first kappa shape index (κ1) is 13.0. The maximum Gasteiger partial charge on any atom is 0.324 e. The molecule has 2 aliphatic rings. The van der Waals surface area contributed by atoms with E-state index in [4.69, 9.17) is 0 Å². The van der Waals surface area contributed by atoms with Crippen LogP contribution in [0.5, 0.6) is 0 Å². The van der Waals surface area contributed by atoms with Crippen LogP contribution in [0.25, 0.3) is 0 Å². The third-order valence-corrected chi connectivity index (χ3v) is 4.62. The minimum Gasteiger partial charge on any atom is -0.336 e. The molecular formula is C12H14N4O3S. The van der Waals surface area contributed by atoms with Gasteiger partial charge in [-0.3, -0.25) is 14.5 Å². The van der Waals surface area contributed by atoms with Crippen LogP contribution in [0.2, 0.25) is 0 Å². The van der Waals surface area contributed by atoms with E-state index in [2.05, 4.69) is 9.69 Å². The molecule has 0 radical (unpaired) electrons. The fourth-order valence-electron chi connectivity index (χ4n) is 2.68. The molecule has 7 nitrogen and oxygen atoms in total. The zero-order valence-electron chi connectivity index (χ0n) is 11.2. The van der Waals surface area contributed by atoms with Crippen molar-refractivity contribution in [1.29, 1.82) is 0 Å². The minimum absolute atomic E-state index is 0.135. The Kier molecular flexibility index (Phi) is 2.79. The molecule has 3 heterocycles. The van der Waals surface area contributed by atoms with Crippen molar-refractivity contribution in [2.45, 2.75) is 18.9 Å². The van der Waals surface area contributed by atoms with Crippen molar-refractivity contribution < 1.29 is 14.4 Å². The van der Waals surface area contributed by atoms with Crippen molar-refractivity contribution in [3.8, 4) is 0 Å². The average molecular weight is 294 g/mol. The highest BCUT2D eigenvalue weighted by atomic mass is 32.1. The molecule has 1 aromatic heterocycles. The van der Waals surface area contributed by atoms with Gasteiger partial charge in [-0.1, -0.05) is 0 Å². The van der Waals surface area contributed by atoms with Gasteiger partial charge < -0.3 is 10.2 Å². The summed E-state index contributed by atoms with van der Waals surface area (Å²) in [5.41, 5.74) is 0.316. The SMILES string of the molecule is Cc1nscc1C(=O)N1CCC2(C1)NC(=O)N(C)C2=O. The van der Waals surface area contributed by atoms with Crippen LogP contribution in [0.3, 0.4) is 0 Å². The number of imide groups is 1. The second kappa shape index (κ2) is 4.27. The second-order valence-electron chi connectivity index (χ2n) is 5.17. The predicted octanol–water partition coefficient (Wildman–Crippen LogP) is 0.218. The number of likely N-dealkylation sites (N-methyl/N-ethyl adjacent to an activating group) is 1. The van der Waals surface area contributed by atoms with Crippen molar-refractivity contribution in [2.24, 2.45) is 0 Å². The van der Waals surface area contributed by atoms with Crippen molar-refractivity contribution in [1.82, 2.24) is 19.5 Å². The molecular weight excluding hydrogens is 280 g/mol. The van der Waals surface area contributed by atoms with Crippen LogP contribution < -0.4 is 5.32 Å². The van der Waals surface area contributed by atoms with Gasteiger partial charge in [0.2, 0.25) is 0 Å². The zero-order valence-corrected chi connectivity index (χ0v) is 12.0. The van der Waals surface area contributed by atoms with Gasteiger partial charge in [-0.15, -0.1) is 0 Å². The Balaban J connectivity index is 1.81. The number of aromatic nitrogens is 1. The smallest absolute Gasteiger partial charge is 0.324 e. The van der Waals surface area contributed by atoms with Crippen LogP contribution in [-0.4, -0.2) is 57.7 Å². The van der Waals surface area contributed by atoms with Crippen molar-refractivity contribution in [2.75, 3.05) is 20.1 Å². The molecule has 0 aliphatic carbocycles. The summed E-state index contributed by atoms with van der Waals surface area (Å²) in [5, 5.41) is 4.42. The van der Waals surface area contributed by atoms with E-state index in [-0.39, 0.29) is 18.4 Å². The maximum absolute atomic E-state index is 12.4. The molecule has 1 unspecified atom stereocenters. The van der Waals surface area contributed by atoms with E-state index in [1.165, 1.54) is 18.6 Å². The molecule has 0 saturated carbocycles. The van der Waals surface area contributed by atoms with Gasteiger partial charge in [0.15, 0.2) is 0 Å². The van der Waals surface area contributed by atoms with Crippen molar-refractivity contribution >= 4 is 29.4 Å². The van der Waals surface area contributed by atoms with E-state index in [0.29, 0.717) is 24.2 Å². The average Bonchev–Trinajstić information content (AvgIpc) is 3.07. The van der Waals surface area contributed by atoms with E-state index < -0.39 is 11.6 Å². The summed E-state index contributed by atoms with van der Waals surface area (Å²) in [4.78, 5) is 38.8. The second-order valence-corrected chi connectivity index (χ2v) is 5.80. The van der Waals surface area contributed by atoms with Gasteiger partial charge in [0.25, 0.3) is 11.8 Å². The number of carbonyl (C=O) groups excluding carboxylic acids is 3. The number of aryl methyl sites for hydroxylation is 1. The Morgan fingerprint density at radius 2 is 2.25 bits per heavy atom.